The van der Waals surface area contributed by atoms with Gasteiger partial charge in [-0.1, -0.05) is 35.0 Å². The van der Waals surface area contributed by atoms with Crippen molar-refractivity contribution in [1.29, 1.82) is 0 Å². The molecule has 4 nitrogen and oxygen atoms in total. The quantitative estimate of drug-likeness (QED) is 0.859. The fourth-order valence-corrected chi connectivity index (χ4v) is 1.49. The van der Waals surface area contributed by atoms with Crippen molar-refractivity contribution < 1.29 is 4.84 Å². The van der Waals surface area contributed by atoms with Gasteiger partial charge in [0.2, 0.25) is 0 Å². The lowest BCUT2D eigenvalue weighted by Gasteiger charge is -2.08. The lowest BCUT2D eigenvalue weighted by Crippen LogP contribution is -2.28. The van der Waals surface area contributed by atoms with Gasteiger partial charge in [0.1, 0.15) is 6.61 Å². The standard InChI is InChI=1S/C11H12ClN3O.ClH/c12-11-4-2-1-3-9(11)7-16-15-10-5-13-8-14-6-10;/h1-4,8H,5-7H2,(H,13,14);1H. The van der Waals surface area contributed by atoms with Gasteiger partial charge in [-0.25, -0.2) is 0 Å². The smallest absolute Gasteiger partial charge is 0.143 e. The van der Waals surface area contributed by atoms with Crippen molar-refractivity contribution in [3.05, 3.63) is 34.9 Å². The van der Waals surface area contributed by atoms with Gasteiger partial charge in [0.15, 0.2) is 0 Å². The van der Waals surface area contributed by atoms with Crippen molar-refractivity contribution in [3.63, 3.8) is 0 Å². The van der Waals surface area contributed by atoms with E-state index < -0.39 is 0 Å². The topological polar surface area (TPSA) is 46.0 Å². The van der Waals surface area contributed by atoms with Crippen molar-refractivity contribution in [3.8, 4) is 0 Å². The third-order valence-electron chi connectivity index (χ3n) is 2.13. The Morgan fingerprint density at radius 2 is 2.24 bits per heavy atom. The van der Waals surface area contributed by atoms with E-state index in [9.17, 15) is 0 Å². The summed E-state index contributed by atoms with van der Waals surface area (Å²) >= 11 is 5.98. The zero-order valence-electron chi connectivity index (χ0n) is 9.10. The summed E-state index contributed by atoms with van der Waals surface area (Å²) in [4.78, 5) is 9.26. The highest BCUT2D eigenvalue weighted by molar-refractivity contribution is 6.31. The SMILES string of the molecule is Cl.Clc1ccccc1CO/N=C1/CN=CNC1. The van der Waals surface area contributed by atoms with E-state index in [2.05, 4.69) is 15.5 Å². The Balaban J connectivity index is 0.00000144. The van der Waals surface area contributed by atoms with Crippen LogP contribution in [0.1, 0.15) is 5.56 Å². The van der Waals surface area contributed by atoms with E-state index in [0.29, 0.717) is 24.7 Å². The maximum absolute atomic E-state index is 5.98. The van der Waals surface area contributed by atoms with E-state index in [1.54, 1.807) is 6.34 Å². The van der Waals surface area contributed by atoms with Gasteiger partial charge in [-0.15, -0.1) is 12.4 Å². The lowest BCUT2D eigenvalue weighted by molar-refractivity contribution is 0.130. The number of benzene rings is 1. The average Bonchev–Trinajstić information content (AvgIpc) is 2.33. The number of oxime groups is 1. The van der Waals surface area contributed by atoms with Gasteiger partial charge in [0.05, 0.1) is 25.1 Å². The van der Waals surface area contributed by atoms with E-state index in [1.165, 1.54) is 0 Å². The fourth-order valence-electron chi connectivity index (χ4n) is 1.30. The number of nitrogens with zero attached hydrogens (tertiary/aromatic N) is 2. The van der Waals surface area contributed by atoms with Crippen LogP contribution in [0.5, 0.6) is 0 Å². The van der Waals surface area contributed by atoms with Crippen molar-refractivity contribution in [2.75, 3.05) is 13.1 Å². The van der Waals surface area contributed by atoms with Crippen LogP contribution in [0.4, 0.5) is 0 Å². The van der Waals surface area contributed by atoms with Gasteiger partial charge >= 0.3 is 0 Å². The molecular formula is C11H13Cl2N3O. The highest BCUT2D eigenvalue weighted by Gasteiger charge is 2.03. The highest BCUT2D eigenvalue weighted by Crippen LogP contribution is 2.15. The number of halogens is 2. The molecule has 0 radical (unpaired) electrons. The summed E-state index contributed by atoms with van der Waals surface area (Å²) in [6.07, 6.45) is 1.67. The predicted octanol–water partition coefficient (Wildman–Crippen LogP) is 2.27. The normalized spacial score (nSPS) is 16.2. The molecule has 17 heavy (non-hydrogen) atoms. The van der Waals surface area contributed by atoms with Crippen LogP contribution < -0.4 is 5.32 Å². The van der Waals surface area contributed by atoms with Crippen LogP contribution in [0.25, 0.3) is 0 Å². The summed E-state index contributed by atoms with van der Waals surface area (Å²) in [5.74, 6) is 0. The van der Waals surface area contributed by atoms with Gasteiger partial charge in [0.25, 0.3) is 0 Å². The number of nitrogens with one attached hydrogen (secondary N) is 1. The molecule has 1 aliphatic heterocycles. The molecule has 1 aliphatic rings. The van der Waals surface area contributed by atoms with Crippen LogP contribution in [-0.2, 0) is 11.4 Å². The third kappa shape index (κ3) is 4.24. The molecule has 0 bridgehead atoms. The van der Waals surface area contributed by atoms with Crippen LogP contribution >= 0.6 is 24.0 Å². The van der Waals surface area contributed by atoms with Gasteiger partial charge in [-0.3, -0.25) is 4.99 Å². The summed E-state index contributed by atoms with van der Waals surface area (Å²) in [5, 5.41) is 7.66. The maximum atomic E-state index is 5.98. The molecule has 0 spiro atoms. The fraction of sp³-hybridized carbons (Fsp3) is 0.273. The molecular weight excluding hydrogens is 261 g/mol. The Labute approximate surface area is 111 Å². The first-order valence-electron chi connectivity index (χ1n) is 4.99. The summed E-state index contributed by atoms with van der Waals surface area (Å²) in [5.41, 5.74) is 1.82. The zero-order chi connectivity index (χ0) is 11.2. The van der Waals surface area contributed by atoms with Gasteiger partial charge < -0.3 is 10.2 Å². The summed E-state index contributed by atoms with van der Waals surface area (Å²) in [6.45, 7) is 1.66. The first kappa shape index (κ1) is 13.8. The molecule has 0 saturated carbocycles. The molecule has 6 heteroatoms. The molecule has 0 unspecified atom stereocenters. The third-order valence-corrected chi connectivity index (χ3v) is 2.50. The van der Waals surface area contributed by atoms with E-state index in [0.717, 1.165) is 11.3 Å². The highest BCUT2D eigenvalue weighted by atomic mass is 35.5. The van der Waals surface area contributed by atoms with E-state index in [4.69, 9.17) is 16.4 Å². The molecule has 0 saturated heterocycles. The Morgan fingerprint density at radius 1 is 1.41 bits per heavy atom. The second kappa shape index (κ2) is 7.14. The van der Waals surface area contributed by atoms with E-state index in [1.807, 2.05) is 24.3 Å². The van der Waals surface area contributed by atoms with E-state index in [-0.39, 0.29) is 12.4 Å². The van der Waals surface area contributed by atoms with Gasteiger partial charge in [-0.2, -0.15) is 0 Å². The van der Waals surface area contributed by atoms with Crippen LogP contribution in [0.2, 0.25) is 5.02 Å². The molecule has 1 heterocycles. The minimum Gasteiger partial charge on any atom is -0.391 e. The maximum Gasteiger partial charge on any atom is 0.143 e. The molecule has 0 aromatic heterocycles. The van der Waals surface area contributed by atoms with Crippen molar-refractivity contribution >= 4 is 36.1 Å². The predicted molar refractivity (Wildman–Crippen MR) is 72.3 cm³/mol. The van der Waals surface area contributed by atoms with Gasteiger partial charge in [0, 0.05) is 10.6 Å². The number of rotatable bonds is 3. The van der Waals surface area contributed by atoms with Crippen LogP contribution in [0.15, 0.2) is 34.4 Å². The van der Waals surface area contributed by atoms with Crippen molar-refractivity contribution in [2.45, 2.75) is 6.61 Å². The summed E-state index contributed by atoms with van der Waals surface area (Å²) in [7, 11) is 0. The van der Waals surface area contributed by atoms with Crippen molar-refractivity contribution in [1.82, 2.24) is 5.32 Å². The number of hydrogen-bond donors (Lipinski definition) is 1. The number of aliphatic imine (C=N–C) groups is 1. The molecule has 92 valence electrons. The molecule has 0 atom stereocenters. The summed E-state index contributed by atoms with van der Waals surface area (Å²) < 4.78 is 0. The molecule has 1 N–H and O–H groups in total. The second-order valence-corrected chi connectivity index (χ2v) is 3.78. The molecule has 0 fully saturated rings. The average molecular weight is 274 g/mol. The first-order valence-corrected chi connectivity index (χ1v) is 5.37. The second-order valence-electron chi connectivity index (χ2n) is 3.37. The molecule has 1 aromatic carbocycles. The molecule has 1 aromatic rings. The van der Waals surface area contributed by atoms with E-state index >= 15 is 0 Å². The minimum atomic E-state index is 0. The largest absolute Gasteiger partial charge is 0.391 e. The zero-order valence-corrected chi connectivity index (χ0v) is 10.7. The molecule has 2 rings (SSSR count). The number of hydrogen-bond acceptors (Lipinski definition) is 4. The summed E-state index contributed by atoms with van der Waals surface area (Å²) in [6, 6.07) is 7.56. The van der Waals surface area contributed by atoms with Gasteiger partial charge in [-0.05, 0) is 6.07 Å². The van der Waals surface area contributed by atoms with Crippen molar-refractivity contribution in [2.24, 2.45) is 10.1 Å². The Bertz CT molecular complexity index is 421. The van der Waals surface area contributed by atoms with Crippen LogP contribution in [0, 0.1) is 0 Å². The molecule has 0 amide bonds. The Hall–Kier alpha value is -1.26. The molecule has 0 aliphatic carbocycles. The van der Waals surface area contributed by atoms with Crippen LogP contribution in [-0.4, -0.2) is 25.1 Å². The monoisotopic (exact) mass is 273 g/mol. The Morgan fingerprint density at radius 3 is 2.94 bits per heavy atom. The van der Waals surface area contributed by atoms with Crippen LogP contribution in [0.3, 0.4) is 0 Å². The first-order chi connectivity index (χ1) is 7.86. The Kier molecular flexibility index (Phi) is 5.80. The minimum absolute atomic E-state index is 0. The lowest BCUT2D eigenvalue weighted by atomic mass is 10.2.